The third kappa shape index (κ3) is 3.17. The zero-order valence-electron chi connectivity index (χ0n) is 10.1. The quantitative estimate of drug-likeness (QED) is 0.704. The van der Waals surface area contributed by atoms with E-state index in [4.69, 9.17) is 5.11 Å². The predicted octanol–water partition coefficient (Wildman–Crippen LogP) is 2.12. The number of aromatic hydroxyl groups is 1. The van der Waals surface area contributed by atoms with Crippen LogP contribution in [0.15, 0.2) is 18.2 Å². The monoisotopic (exact) mass is 375 g/mol. The lowest BCUT2D eigenvalue weighted by atomic mass is 9.74. The molecular formula is C13H14INO4. The first-order valence-electron chi connectivity index (χ1n) is 5.95. The van der Waals surface area contributed by atoms with Crippen LogP contribution in [0.2, 0.25) is 0 Å². The number of aliphatic carboxylic acids is 1. The van der Waals surface area contributed by atoms with E-state index in [0.29, 0.717) is 12.8 Å². The number of carbonyl (C=O) groups is 2. The molecule has 0 aromatic heterocycles. The molecule has 1 aromatic carbocycles. The van der Waals surface area contributed by atoms with E-state index >= 15 is 0 Å². The molecule has 2 rings (SSSR count). The van der Waals surface area contributed by atoms with Gasteiger partial charge in [0.2, 0.25) is 0 Å². The van der Waals surface area contributed by atoms with Crippen LogP contribution in [-0.4, -0.2) is 27.6 Å². The van der Waals surface area contributed by atoms with Crippen LogP contribution in [0.25, 0.3) is 0 Å². The molecule has 1 fully saturated rings. The van der Waals surface area contributed by atoms with Gasteiger partial charge in [-0.05, 0) is 60.1 Å². The number of phenolic OH excluding ortho intramolecular Hbond substituents is 1. The average molecular weight is 375 g/mol. The van der Waals surface area contributed by atoms with Crippen molar-refractivity contribution in [2.24, 2.45) is 0 Å². The lowest BCUT2D eigenvalue weighted by Gasteiger charge is -2.41. The fraction of sp³-hybridized carbons (Fsp3) is 0.385. The topological polar surface area (TPSA) is 86.6 Å². The van der Waals surface area contributed by atoms with Crippen LogP contribution in [0.1, 0.15) is 36.0 Å². The Labute approximate surface area is 124 Å². The summed E-state index contributed by atoms with van der Waals surface area (Å²) in [5.41, 5.74) is -0.472. The summed E-state index contributed by atoms with van der Waals surface area (Å²) in [4.78, 5) is 23.0. The van der Waals surface area contributed by atoms with Crippen molar-refractivity contribution in [3.8, 4) is 5.75 Å². The Morgan fingerprint density at radius 2 is 2.05 bits per heavy atom. The van der Waals surface area contributed by atoms with Crippen molar-refractivity contribution in [2.45, 2.75) is 31.2 Å². The first-order valence-corrected chi connectivity index (χ1v) is 7.03. The highest BCUT2D eigenvalue weighted by Crippen LogP contribution is 2.35. The van der Waals surface area contributed by atoms with E-state index in [1.807, 2.05) is 0 Å². The van der Waals surface area contributed by atoms with Crippen molar-refractivity contribution in [3.63, 3.8) is 0 Å². The van der Waals surface area contributed by atoms with Crippen LogP contribution < -0.4 is 5.32 Å². The Bertz CT molecular complexity index is 525. The molecule has 0 saturated heterocycles. The van der Waals surface area contributed by atoms with Gasteiger partial charge in [-0.2, -0.15) is 0 Å². The number of carbonyl (C=O) groups excluding carboxylic acids is 1. The number of nitrogens with one attached hydrogen (secondary N) is 1. The molecule has 0 heterocycles. The SMILES string of the molecule is O=C(O)CC1(NC(=O)c2cc(I)ccc2O)CCC1. The van der Waals surface area contributed by atoms with Crippen LogP contribution >= 0.6 is 22.6 Å². The third-order valence-electron chi connectivity index (χ3n) is 3.38. The molecule has 6 heteroatoms. The summed E-state index contributed by atoms with van der Waals surface area (Å²) in [7, 11) is 0. The summed E-state index contributed by atoms with van der Waals surface area (Å²) < 4.78 is 0.835. The molecule has 1 aliphatic carbocycles. The molecule has 0 radical (unpaired) electrons. The highest BCUT2D eigenvalue weighted by atomic mass is 127. The lowest BCUT2D eigenvalue weighted by Crippen LogP contribution is -2.54. The van der Waals surface area contributed by atoms with Crippen molar-refractivity contribution < 1.29 is 19.8 Å². The van der Waals surface area contributed by atoms with Crippen molar-refractivity contribution in [2.75, 3.05) is 0 Å². The zero-order valence-corrected chi connectivity index (χ0v) is 12.3. The van der Waals surface area contributed by atoms with Crippen molar-refractivity contribution in [1.82, 2.24) is 5.32 Å². The summed E-state index contributed by atoms with van der Waals surface area (Å²) in [5.74, 6) is -1.44. The molecule has 0 bridgehead atoms. The van der Waals surface area contributed by atoms with E-state index in [1.165, 1.54) is 6.07 Å². The summed E-state index contributed by atoms with van der Waals surface area (Å²) in [6.45, 7) is 0. The first-order chi connectivity index (χ1) is 8.92. The minimum atomic E-state index is -0.924. The minimum absolute atomic E-state index is 0.0799. The normalized spacial score (nSPS) is 16.5. The van der Waals surface area contributed by atoms with Gasteiger partial charge >= 0.3 is 5.97 Å². The molecule has 5 nitrogen and oxygen atoms in total. The van der Waals surface area contributed by atoms with Crippen LogP contribution in [0.4, 0.5) is 0 Å². The van der Waals surface area contributed by atoms with Gasteiger partial charge in [0, 0.05) is 3.57 Å². The third-order valence-corrected chi connectivity index (χ3v) is 4.05. The van der Waals surface area contributed by atoms with Gasteiger partial charge in [0.25, 0.3) is 5.91 Å². The van der Waals surface area contributed by atoms with E-state index in [2.05, 4.69) is 27.9 Å². The number of benzene rings is 1. The molecule has 1 saturated carbocycles. The molecule has 3 N–H and O–H groups in total. The highest BCUT2D eigenvalue weighted by molar-refractivity contribution is 14.1. The van der Waals surface area contributed by atoms with E-state index in [0.717, 1.165) is 9.99 Å². The fourth-order valence-electron chi connectivity index (χ4n) is 2.24. The molecule has 0 spiro atoms. The molecule has 0 aliphatic heterocycles. The van der Waals surface area contributed by atoms with Crippen LogP contribution in [-0.2, 0) is 4.79 Å². The lowest BCUT2D eigenvalue weighted by molar-refractivity contribution is -0.139. The Kier molecular flexibility index (Phi) is 3.98. The minimum Gasteiger partial charge on any atom is -0.507 e. The van der Waals surface area contributed by atoms with Gasteiger partial charge in [-0.1, -0.05) is 0 Å². The van der Waals surface area contributed by atoms with Crippen LogP contribution in [0.5, 0.6) is 5.75 Å². The Balaban J connectivity index is 2.16. The van der Waals surface area contributed by atoms with Gasteiger partial charge in [-0.3, -0.25) is 9.59 Å². The molecule has 1 aromatic rings. The maximum absolute atomic E-state index is 12.1. The predicted molar refractivity (Wildman–Crippen MR) is 77.1 cm³/mol. The Morgan fingerprint density at radius 3 is 2.58 bits per heavy atom. The van der Waals surface area contributed by atoms with Gasteiger partial charge < -0.3 is 15.5 Å². The second-order valence-electron chi connectivity index (χ2n) is 4.82. The van der Waals surface area contributed by atoms with Crippen LogP contribution in [0, 0.1) is 3.57 Å². The number of hydrogen-bond acceptors (Lipinski definition) is 3. The average Bonchev–Trinajstić information content (AvgIpc) is 2.28. The number of carboxylic acid groups (broad SMARTS) is 1. The largest absolute Gasteiger partial charge is 0.507 e. The van der Waals surface area contributed by atoms with Crippen LogP contribution in [0.3, 0.4) is 0 Å². The number of halogens is 1. The molecule has 0 atom stereocenters. The van der Waals surface area contributed by atoms with Gasteiger partial charge in [-0.25, -0.2) is 0 Å². The first kappa shape index (κ1) is 14.1. The summed E-state index contributed by atoms with van der Waals surface area (Å²) >= 11 is 2.05. The zero-order chi connectivity index (χ0) is 14.0. The highest BCUT2D eigenvalue weighted by Gasteiger charge is 2.40. The molecule has 1 amide bonds. The van der Waals surface area contributed by atoms with Crippen molar-refractivity contribution >= 4 is 34.5 Å². The van der Waals surface area contributed by atoms with Crippen molar-refractivity contribution in [1.29, 1.82) is 0 Å². The molecule has 0 unspecified atom stereocenters. The molecule has 19 heavy (non-hydrogen) atoms. The summed E-state index contributed by atoms with van der Waals surface area (Å²) in [6, 6.07) is 4.74. The summed E-state index contributed by atoms with van der Waals surface area (Å²) in [6.07, 6.45) is 2.15. The second kappa shape index (κ2) is 5.36. The Hall–Kier alpha value is -1.31. The maximum Gasteiger partial charge on any atom is 0.305 e. The summed E-state index contributed by atoms with van der Waals surface area (Å²) in [5, 5.41) is 21.4. The molecular weight excluding hydrogens is 361 g/mol. The number of phenols is 1. The number of hydrogen-bond donors (Lipinski definition) is 3. The molecule has 1 aliphatic rings. The van der Waals surface area contributed by atoms with Gasteiger partial charge in [0.05, 0.1) is 17.5 Å². The van der Waals surface area contributed by atoms with E-state index in [-0.39, 0.29) is 17.7 Å². The van der Waals surface area contributed by atoms with Gasteiger partial charge in [-0.15, -0.1) is 0 Å². The van der Waals surface area contributed by atoms with E-state index < -0.39 is 17.4 Å². The maximum atomic E-state index is 12.1. The standard InChI is InChI=1S/C13H14INO4/c14-8-2-3-10(16)9(6-8)12(19)15-13(4-1-5-13)7-11(17)18/h2-3,6,16H,1,4-5,7H2,(H,15,19)(H,17,18). The number of amides is 1. The van der Waals surface area contributed by atoms with E-state index in [1.54, 1.807) is 12.1 Å². The number of rotatable bonds is 4. The molecule has 102 valence electrons. The van der Waals surface area contributed by atoms with E-state index in [9.17, 15) is 14.7 Å². The number of carboxylic acids is 1. The van der Waals surface area contributed by atoms with Gasteiger partial charge in [0.15, 0.2) is 0 Å². The smallest absolute Gasteiger partial charge is 0.305 e. The Morgan fingerprint density at radius 1 is 1.37 bits per heavy atom. The van der Waals surface area contributed by atoms with Gasteiger partial charge in [0.1, 0.15) is 5.75 Å². The fourth-order valence-corrected chi connectivity index (χ4v) is 2.73. The second-order valence-corrected chi connectivity index (χ2v) is 6.07. The van der Waals surface area contributed by atoms with Crippen molar-refractivity contribution in [3.05, 3.63) is 27.3 Å².